The van der Waals surface area contributed by atoms with Crippen LogP contribution in [0.4, 0.5) is 15.6 Å². The first kappa shape index (κ1) is 16.3. The minimum absolute atomic E-state index is 0.237. The third-order valence-corrected chi connectivity index (χ3v) is 4.82. The standard InChI is InChI=1S/C18H20N4OS/c1-2-14-6-5-7-15(12-14)20-17(23)19-9-8-16-13-24-18(21-16)22-10-3-4-11-22/h1,5-7,12-13H,3-4,8-11H2,(H2,19,20,23). The van der Waals surface area contributed by atoms with Gasteiger partial charge in [0.2, 0.25) is 0 Å². The summed E-state index contributed by atoms with van der Waals surface area (Å²) in [6.45, 7) is 2.75. The van der Waals surface area contributed by atoms with E-state index < -0.39 is 0 Å². The fourth-order valence-electron chi connectivity index (χ4n) is 2.63. The average molecular weight is 340 g/mol. The van der Waals surface area contributed by atoms with Crippen molar-refractivity contribution in [3.05, 3.63) is 40.9 Å². The molecule has 1 aliphatic heterocycles. The van der Waals surface area contributed by atoms with E-state index in [1.807, 2.05) is 18.2 Å². The molecule has 3 rings (SSSR count). The molecule has 124 valence electrons. The van der Waals surface area contributed by atoms with Crippen molar-refractivity contribution in [3.8, 4) is 12.3 Å². The predicted molar refractivity (Wildman–Crippen MR) is 98.7 cm³/mol. The zero-order valence-electron chi connectivity index (χ0n) is 13.4. The first-order valence-electron chi connectivity index (χ1n) is 8.05. The lowest BCUT2D eigenvalue weighted by molar-refractivity contribution is 0.252. The molecule has 2 heterocycles. The summed E-state index contributed by atoms with van der Waals surface area (Å²) < 4.78 is 0. The van der Waals surface area contributed by atoms with Crippen LogP contribution in [0.2, 0.25) is 0 Å². The Hall–Kier alpha value is -2.52. The van der Waals surface area contributed by atoms with E-state index >= 15 is 0 Å². The molecule has 2 N–H and O–H groups in total. The van der Waals surface area contributed by atoms with E-state index in [1.54, 1.807) is 17.4 Å². The SMILES string of the molecule is C#Cc1cccc(NC(=O)NCCc2csc(N3CCCC3)n2)c1. The molecule has 1 aromatic heterocycles. The lowest BCUT2D eigenvalue weighted by Gasteiger charge is -2.12. The Kier molecular flexibility index (Phi) is 5.34. The number of hydrogen-bond donors (Lipinski definition) is 2. The van der Waals surface area contributed by atoms with Crippen LogP contribution in [0.15, 0.2) is 29.6 Å². The molecule has 6 heteroatoms. The minimum atomic E-state index is -0.237. The van der Waals surface area contributed by atoms with Gasteiger partial charge in [0.15, 0.2) is 5.13 Å². The maximum Gasteiger partial charge on any atom is 0.319 e. The highest BCUT2D eigenvalue weighted by atomic mass is 32.1. The van der Waals surface area contributed by atoms with Gasteiger partial charge in [-0.1, -0.05) is 12.0 Å². The molecule has 0 radical (unpaired) electrons. The van der Waals surface area contributed by atoms with Crippen LogP contribution in [0.1, 0.15) is 24.1 Å². The molecule has 2 amide bonds. The number of aromatic nitrogens is 1. The van der Waals surface area contributed by atoms with E-state index in [0.29, 0.717) is 12.2 Å². The van der Waals surface area contributed by atoms with Gasteiger partial charge in [-0.2, -0.15) is 0 Å². The molecule has 2 aromatic rings. The Morgan fingerprint density at radius 1 is 1.38 bits per heavy atom. The van der Waals surface area contributed by atoms with E-state index in [0.717, 1.165) is 35.9 Å². The van der Waals surface area contributed by atoms with Gasteiger partial charge < -0.3 is 15.5 Å². The number of thiazole rings is 1. The zero-order chi connectivity index (χ0) is 16.8. The quantitative estimate of drug-likeness (QED) is 0.823. The summed E-state index contributed by atoms with van der Waals surface area (Å²) in [5, 5.41) is 8.79. The third kappa shape index (κ3) is 4.27. The van der Waals surface area contributed by atoms with Gasteiger partial charge in [0.25, 0.3) is 0 Å². The van der Waals surface area contributed by atoms with Crippen molar-refractivity contribution in [2.45, 2.75) is 19.3 Å². The Labute approximate surface area is 146 Å². The monoisotopic (exact) mass is 340 g/mol. The zero-order valence-corrected chi connectivity index (χ0v) is 14.2. The van der Waals surface area contributed by atoms with Gasteiger partial charge >= 0.3 is 6.03 Å². The maximum absolute atomic E-state index is 11.9. The van der Waals surface area contributed by atoms with Crippen molar-refractivity contribution in [1.82, 2.24) is 10.3 Å². The van der Waals surface area contributed by atoms with Gasteiger partial charge in [-0.3, -0.25) is 0 Å². The van der Waals surface area contributed by atoms with E-state index in [4.69, 9.17) is 6.42 Å². The second-order valence-electron chi connectivity index (χ2n) is 5.67. The molecule has 0 bridgehead atoms. The molecule has 1 fully saturated rings. The van der Waals surface area contributed by atoms with Crippen LogP contribution in [-0.2, 0) is 6.42 Å². The van der Waals surface area contributed by atoms with Crippen molar-refractivity contribution in [2.75, 3.05) is 29.9 Å². The molecule has 1 aromatic carbocycles. The van der Waals surface area contributed by atoms with Crippen molar-refractivity contribution in [1.29, 1.82) is 0 Å². The van der Waals surface area contributed by atoms with Crippen LogP contribution in [0.3, 0.4) is 0 Å². The molecular weight excluding hydrogens is 320 g/mol. The molecule has 0 unspecified atom stereocenters. The third-order valence-electron chi connectivity index (χ3n) is 3.87. The highest BCUT2D eigenvalue weighted by Gasteiger charge is 2.15. The van der Waals surface area contributed by atoms with Gasteiger partial charge in [0.1, 0.15) is 0 Å². The van der Waals surface area contributed by atoms with Crippen LogP contribution >= 0.6 is 11.3 Å². The lowest BCUT2D eigenvalue weighted by atomic mass is 10.2. The summed E-state index contributed by atoms with van der Waals surface area (Å²) in [6.07, 6.45) is 8.57. The van der Waals surface area contributed by atoms with Gasteiger partial charge in [0.05, 0.1) is 5.69 Å². The van der Waals surface area contributed by atoms with Crippen LogP contribution in [-0.4, -0.2) is 30.6 Å². The Morgan fingerprint density at radius 2 is 2.21 bits per heavy atom. The highest BCUT2D eigenvalue weighted by Crippen LogP contribution is 2.24. The largest absolute Gasteiger partial charge is 0.348 e. The normalized spacial score (nSPS) is 13.5. The van der Waals surface area contributed by atoms with Crippen molar-refractivity contribution < 1.29 is 4.79 Å². The lowest BCUT2D eigenvalue weighted by Crippen LogP contribution is -2.30. The summed E-state index contributed by atoms with van der Waals surface area (Å²) >= 11 is 1.68. The fraction of sp³-hybridized carbons (Fsp3) is 0.333. The summed E-state index contributed by atoms with van der Waals surface area (Å²) in [5.74, 6) is 2.55. The number of benzene rings is 1. The van der Waals surface area contributed by atoms with Crippen LogP contribution in [0.5, 0.6) is 0 Å². The summed E-state index contributed by atoms with van der Waals surface area (Å²) in [5.41, 5.74) is 2.45. The highest BCUT2D eigenvalue weighted by molar-refractivity contribution is 7.13. The Balaban J connectivity index is 1.44. The molecule has 0 saturated carbocycles. The number of hydrogen-bond acceptors (Lipinski definition) is 4. The number of carbonyl (C=O) groups excluding carboxylic acids is 1. The number of urea groups is 1. The van der Waals surface area contributed by atoms with E-state index in [-0.39, 0.29) is 6.03 Å². The van der Waals surface area contributed by atoms with Crippen LogP contribution in [0, 0.1) is 12.3 Å². The molecule has 0 atom stereocenters. The van der Waals surface area contributed by atoms with Gasteiger partial charge in [-0.15, -0.1) is 17.8 Å². The molecule has 24 heavy (non-hydrogen) atoms. The fourth-order valence-corrected chi connectivity index (χ4v) is 3.54. The summed E-state index contributed by atoms with van der Waals surface area (Å²) in [7, 11) is 0. The number of nitrogens with one attached hydrogen (secondary N) is 2. The average Bonchev–Trinajstić information content (AvgIpc) is 3.26. The number of nitrogens with zero attached hydrogens (tertiary/aromatic N) is 2. The smallest absolute Gasteiger partial charge is 0.319 e. The molecule has 0 aliphatic carbocycles. The summed E-state index contributed by atoms with van der Waals surface area (Å²) in [6, 6.07) is 6.98. The topological polar surface area (TPSA) is 57.3 Å². The Bertz CT molecular complexity index is 743. The van der Waals surface area contributed by atoms with E-state index in [1.165, 1.54) is 12.8 Å². The number of anilines is 2. The molecule has 1 aliphatic rings. The number of rotatable bonds is 5. The van der Waals surface area contributed by atoms with Crippen molar-refractivity contribution >= 4 is 28.2 Å². The van der Waals surface area contributed by atoms with Crippen LogP contribution < -0.4 is 15.5 Å². The molecule has 5 nitrogen and oxygen atoms in total. The second-order valence-corrected chi connectivity index (χ2v) is 6.51. The van der Waals surface area contributed by atoms with E-state index in [2.05, 4.69) is 31.8 Å². The van der Waals surface area contributed by atoms with Gasteiger partial charge in [-0.25, -0.2) is 9.78 Å². The number of carbonyl (C=O) groups is 1. The minimum Gasteiger partial charge on any atom is -0.348 e. The summed E-state index contributed by atoms with van der Waals surface area (Å²) in [4.78, 5) is 18.9. The second kappa shape index (κ2) is 7.84. The van der Waals surface area contributed by atoms with Gasteiger partial charge in [-0.05, 0) is 31.0 Å². The number of amides is 2. The van der Waals surface area contributed by atoms with Crippen molar-refractivity contribution in [3.63, 3.8) is 0 Å². The first-order chi connectivity index (χ1) is 11.7. The van der Waals surface area contributed by atoms with E-state index in [9.17, 15) is 4.79 Å². The molecular formula is C18H20N4OS. The molecule has 1 saturated heterocycles. The number of terminal acetylenes is 1. The van der Waals surface area contributed by atoms with Gasteiger partial charge in [0, 0.05) is 42.7 Å². The van der Waals surface area contributed by atoms with Crippen molar-refractivity contribution in [2.24, 2.45) is 0 Å². The maximum atomic E-state index is 11.9. The predicted octanol–water partition coefficient (Wildman–Crippen LogP) is 3.09. The first-order valence-corrected chi connectivity index (χ1v) is 8.93. The van der Waals surface area contributed by atoms with Crippen LogP contribution in [0.25, 0.3) is 0 Å². The molecule has 0 spiro atoms. The Morgan fingerprint density at radius 3 is 3.00 bits per heavy atom.